The Morgan fingerprint density at radius 2 is 1.64 bits per heavy atom. The van der Waals surface area contributed by atoms with Gasteiger partial charge in [-0.3, -0.25) is 24.3 Å². The van der Waals surface area contributed by atoms with Crippen molar-refractivity contribution in [2.75, 3.05) is 21.2 Å². The van der Waals surface area contributed by atoms with Crippen molar-refractivity contribution in [1.82, 2.24) is 20.1 Å². The van der Waals surface area contributed by atoms with Gasteiger partial charge in [-0.25, -0.2) is 0 Å². The van der Waals surface area contributed by atoms with Crippen LogP contribution in [-0.2, 0) is 25.7 Å². The summed E-state index contributed by atoms with van der Waals surface area (Å²) in [6.07, 6.45) is 4.10. The first-order chi connectivity index (χ1) is 16.8. The molecular weight excluding hydrogens is 571 g/mol. The van der Waals surface area contributed by atoms with Crippen LogP contribution in [0.15, 0.2) is 24.5 Å². The third-order valence-corrected chi connectivity index (χ3v) is 7.29. The Morgan fingerprint density at radius 3 is 2.08 bits per heavy atom. The highest BCUT2D eigenvalue weighted by molar-refractivity contribution is 14.1. The van der Waals surface area contributed by atoms with Crippen molar-refractivity contribution in [2.45, 2.75) is 85.2 Å². The second kappa shape index (κ2) is 15.6. The maximum atomic E-state index is 13.8. The monoisotopic (exact) mass is 616 g/mol. The number of carbonyl (C=O) groups is 3. The number of amides is 2. The van der Waals surface area contributed by atoms with Gasteiger partial charge in [0.2, 0.25) is 11.8 Å². The Bertz CT molecular complexity index is 836. The van der Waals surface area contributed by atoms with E-state index in [4.69, 9.17) is 4.74 Å². The molecule has 1 N–H and O–H groups in total. The number of hydrogen-bond donors (Lipinski definition) is 1. The summed E-state index contributed by atoms with van der Waals surface area (Å²) in [6, 6.07) is 2.47. The third-order valence-electron chi connectivity index (χ3n) is 6.85. The number of halogens is 1. The summed E-state index contributed by atoms with van der Waals surface area (Å²) < 4.78 is 5.66. The molecule has 0 unspecified atom stereocenters. The molecule has 0 saturated heterocycles. The van der Waals surface area contributed by atoms with E-state index in [1.165, 1.54) is 0 Å². The number of aromatic nitrogens is 1. The standard InChI is InChI=1S/C27H45IN4O4/c1-10-19(6)25(21(36-9)15-22(28)33)32(8)27(35)23(17(2)3)30-26(34)24(18(4)5)31(7)16-20-11-13-29-14-12-20/h11-14,17-19,21,23-25H,10,15-16H2,1-9H3,(H,30,34)/t19-,21+,23-,24-,25-/m0/s1. The Kier molecular flexibility index (Phi) is 14.1. The van der Waals surface area contributed by atoms with Crippen LogP contribution in [0.1, 0.15) is 59.9 Å². The van der Waals surface area contributed by atoms with Crippen LogP contribution in [0, 0.1) is 17.8 Å². The van der Waals surface area contributed by atoms with Crippen LogP contribution in [0.25, 0.3) is 0 Å². The van der Waals surface area contributed by atoms with Gasteiger partial charge in [-0.15, -0.1) is 0 Å². The molecule has 0 fully saturated rings. The van der Waals surface area contributed by atoms with Crippen molar-refractivity contribution in [3.63, 3.8) is 0 Å². The molecule has 0 aliphatic carbocycles. The number of likely N-dealkylation sites (N-methyl/N-ethyl adjacent to an activating group) is 2. The summed E-state index contributed by atoms with van der Waals surface area (Å²) in [5.41, 5.74) is 1.06. The number of nitrogens with one attached hydrogen (secondary N) is 1. The van der Waals surface area contributed by atoms with E-state index in [-0.39, 0.29) is 45.8 Å². The van der Waals surface area contributed by atoms with Crippen molar-refractivity contribution in [1.29, 1.82) is 0 Å². The lowest BCUT2D eigenvalue weighted by Gasteiger charge is -2.40. The normalized spacial score (nSPS) is 15.9. The molecule has 2 amide bonds. The van der Waals surface area contributed by atoms with Gasteiger partial charge < -0.3 is 15.0 Å². The predicted molar refractivity (Wildman–Crippen MR) is 152 cm³/mol. The molecule has 9 heteroatoms. The van der Waals surface area contributed by atoms with Gasteiger partial charge in [-0.05, 0) is 65.1 Å². The zero-order valence-corrected chi connectivity index (χ0v) is 25.5. The van der Waals surface area contributed by atoms with Crippen LogP contribution in [0.4, 0.5) is 0 Å². The molecule has 0 aliphatic heterocycles. The highest BCUT2D eigenvalue weighted by Gasteiger charge is 2.38. The fourth-order valence-corrected chi connectivity index (χ4v) is 5.18. The predicted octanol–water partition coefficient (Wildman–Crippen LogP) is 3.92. The molecule has 8 nitrogen and oxygen atoms in total. The third kappa shape index (κ3) is 9.37. The second-order valence-corrected chi connectivity index (χ2v) is 11.6. The molecule has 1 rings (SSSR count). The lowest BCUT2D eigenvalue weighted by atomic mass is 9.90. The van der Waals surface area contributed by atoms with Crippen LogP contribution < -0.4 is 5.32 Å². The molecule has 1 aromatic heterocycles. The summed E-state index contributed by atoms with van der Waals surface area (Å²) in [5.74, 6) is -0.318. The molecule has 0 saturated carbocycles. The Labute approximate surface area is 231 Å². The van der Waals surface area contributed by atoms with Gasteiger partial charge in [0.1, 0.15) is 6.04 Å². The van der Waals surface area contributed by atoms with E-state index in [2.05, 4.69) is 24.1 Å². The molecule has 0 radical (unpaired) electrons. The lowest BCUT2D eigenvalue weighted by molar-refractivity contribution is -0.144. The minimum absolute atomic E-state index is 0.0145. The van der Waals surface area contributed by atoms with Crippen LogP contribution >= 0.6 is 22.6 Å². The van der Waals surface area contributed by atoms with Gasteiger partial charge in [0, 0.05) is 39.5 Å². The summed E-state index contributed by atoms with van der Waals surface area (Å²) in [4.78, 5) is 47.0. The van der Waals surface area contributed by atoms with Crippen molar-refractivity contribution in [3.8, 4) is 0 Å². The Morgan fingerprint density at radius 1 is 1.06 bits per heavy atom. The van der Waals surface area contributed by atoms with Crippen LogP contribution in [0.5, 0.6) is 0 Å². The van der Waals surface area contributed by atoms with Crippen molar-refractivity contribution < 1.29 is 19.1 Å². The van der Waals surface area contributed by atoms with E-state index in [0.29, 0.717) is 6.54 Å². The molecule has 5 atom stereocenters. The van der Waals surface area contributed by atoms with Crippen LogP contribution in [-0.4, -0.2) is 75.8 Å². The van der Waals surface area contributed by atoms with E-state index >= 15 is 0 Å². The SMILES string of the molecule is CC[C@H](C)[C@@H]([C@@H](CC(=O)I)OC)N(C)C(=O)[C@@H](NC(=O)[C@H](C(C)C)N(C)Cc1ccncc1)C(C)C. The lowest BCUT2D eigenvalue weighted by Crippen LogP contribution is -2.59. The van der Waals surface area contributed by atoms with Crippen LogP contribution in [0.3, 0.4) is 0 Å². The number of methoxy groups -OCH3 is 1. The van der Waals surface area contributed by atoms with Gasteiger partial charge in [-0.1, -0.05) is 48.0 Å². The number of nitrogens with zero attached hydrogens (tertiary/aromatic N) is 3. The zero-order chi connectivity index (χ0) is 27.6. The first kappa shape index (κ1) is 32.4. The summed E-state index contributed by atoms with van der Waals surface area (Å²) >= 11 is 1.77. The minimum atomic E-state index is -0.697. The van der Waals surface area contributed by atoms with Gasteiger partial charge >= 0.3 is 0 Å². The quantitative estimate of drug-likeness (QED) is 0.237. The highest BCUT2D eigenvalue weighted by atomic mass is 127. The average Bonchev–Trinajstić information content (AvgIpc) is 2.81. The van der Waals surface area contributed by atoms with Gasteiger partial charge in [-0.2, -0.15) is 0 Å². The summed E-state index contributed by atoms with van der Waals surface area (Å²) in [7, 11) is 5.25. The maximum Gasteiger partial charge on any atom is 0.245 e. The molecular formula is C27H45IN4O4. The molecule has 0 aliphatic rings. The number of carbonyl (C=O) groups excluding carboxylic acids is 3. The Balaban J connectivity index is 3.16. The summed E-state index contributed by atoms with van der Waals surface area (Å²) in [5, 5.41) is 3.06. The minimum Gasteiger partial charge on any atom is -0.379 e. The van der Waals surface area contributed by atoms with Gasteiger partial charge in [0.05, 0.1) is 18.2 Å². The number of rotatable bonds is 15. The van der Waals surface area contributed by atoms with Crippen molar-refractivity contribution >= 4 is 38.2 Å². The van der Waals surface area contributed by atoms with Crippen LogP contribution in [0.2, 0.25) is 0 Å². The molecule has 0 aromatic carbocycles. The first-order valence-corrected chi connectivity index (χ1v) is 13.8. The van der Waals surface area contributed by atoms with E-state index in [1.807, 2.05) is 51.8 Å². The van der Waals surface area contributed by atoms with E-state index in [1.54, 1.807) is 54.0 Å². The molecule has 1 heterocycles. The molecule has 36 heavy (non-hydrogen) atoms. The van der Waals surface area contributed by atoms with Gasteiger partial charge in [0.15, 0.2) is 3.79 Å². The number of hydrogen-bond acceptors (Lipinski definition) is 6. The topological polar surface area (TPSA) is 91.8 Å². The molecule has 204 valence electrons. The smallest absolute Gasteiger partial charge is 0.245 e. The second-order valence-electron chi connectivity index (χ2n) is 10.3. The number of ether oxygens (including phenoxy) is 1. The fraction of sp³-hybridized carbons (Fsp3) is 0.704. The number of pyridine rings is 1. The summed E-state index contributed by atoms with van der Waals surface area (Å²) in [6.45, 7) is 12.6. The van der Waals surface area contributed by atoms with E-state index in [0.717, 1.165) is 12.0 Å². The maximum absolute atomic E-state index is 13.8. The fourth-order valence-electron chi connectivity index (χ4n) is 4.75. The van der Waals surface area contributed by atoms with E-state index < -0.39 is 18.2 Å². The molecule has 0 bridgehead atoms. The molecule has 0 spiro atoms. The largest absolute Gasteiger partial charge is 0.379 e. The molecule has 1 aromatic rings. The van der Waals surface area contributed by atoms with Crippen molar-refractivity contribution in [2.24, 2.45) is 17.8 Å². The highest BCUT2D eigenvalue weighted by Crippen LogP contribution is 2.24. The zero-order valence-electron chi connectivity index (χ0n) is 23.3. The average molecular weight is 617 g/mol. The first-order valence-electron chi connectivity index (χ1n) is 12.7. The van der Waals surface area contributed by atoms with Crippen molar-refractivity contribution in [3.05, 3.63) is 30.1 Å². The Hall–Kier alpha value is -1.59. The van der Waals surface area contributed by atoms with Gasteiger partial charge in [0.25, 0.3) is 0 Å². The van der Waals surface area contributed by atoms with E-state index in [9.17, 15) is 14.4 Å².